The summed E-state index contributed by atoms with van der Waals surface area (Å²) < 4.78 is 30.6. The topological polar surface area (TPSA) is 57.6 Å². The SMILES string of the molecule is CCCCCCCCCCCCN1CCN(C)/C1=N/P(=O)(OC)N1CCOCC1. The van der Waals surface area contributed by atoms with Crippen LogP contribution >= 0.6 is 7.67 Å². The van der Waals surface area contributed by atoms with E-state index in [4.69, 9.17) is 9.26 Å². The lowest BCUT2D eigenvalue weighted by Crippen LogP contribution is -2.36. The van der Waals surface area contributed by atoms with Crippen molar-refractivity contribution in [2.24, 2.45) is 4.76 Å². The van der Waals surface area contributed by atoms with Gasteiger partial charge in [0.25, 0.3) is 0 Å². The van der Waals surface area contributed by atoms with Crippen LogP contribution in [0.5, 0.6) is 0 Å². The highest BCUT2D eigenvalue weighted by molar-refractivity contribution is 7.55. The molecule has 0 bridgehead atoms. The Bertz CT molecular complexity index is 526. The van der Waals surface area contributed by atoms with Gasteiger partial charge in [-0.2, -0.15) is 4.76 Å². The Labute approximate surface area is 178 Å². The van der Waals surface area contributed by atoms with Crippen molar-refractivity contribution >= 4 is 13.6 Å². The van der Waals surface area contributed by atoms with Gasteiger partial charge in [0.1, 0.15) is 0 Å². The van der Waals surface area contributed by atoms with Crippen molar-refractivity contribution in [2.45, 2.75) is 71.1 Å². The van der Waals surface area contributed by atoms with Gasteiger partial charge in [0, 0.05) is 46.9 Å². The molecule has 0 aromatic heterocycles. The van der Waals surface area contributed by atoms with Gasteiger partial charge in [-0.3, -0.25) is 0 Å². The summed E-state index contributed by atoms with van der Waals surface area (Å²) in [6.07, 6.45) is 13.4. The molecule has 8 heteroatoms. The third kappa shape index (κ3) is 8.20. The summed E-state index contributed by atoms with van der Waals surface area (Å²) in [6.45, 7) is 7.47. The van der Waals surface area contributed by atoms with E-state index in [2.05, 4.69) is 21.5 Å². The van der Waals surface area contributed by atoms with E-state index in [1.807, 2.05) is 11.7 Å². The molecule has 0 saturated carbocycles. The minimum atomic E-state index is -3.21. The number of unbranched alkanes of at least 4 members (excludes halogenated alkanes) is 9. The summed E-state index contributed by atoms with van der Waals surface area (Å²) in [5, 5.41) is 0. The Hall–Kier alpha value is -0.620. The Morgan fingerprint density at radius 3 is 2.10 bits per heavy atom. The number of nitrogens with zero attached hydrogens (tertiary/aromatic N) is 4. The molecule has 170 valence electrons. The van der Waals surface area contributed by atoms with Gasteiger partial charge in [0.2, 0.25) is 5.96 Å². The summed E-state index contributed by atoms with van der Waals surface area (Å²) in [5.74, 6) is 0.817. The third-order valence-electron chi connectivity index (χ3n) is 5.91. The van der Waals surface area contributed by atoms with E-state index in [0.29, 0.717) is 26.3 Å². The van der Waals surface area contributed by atoms with Gasteiger partial charge in [-0.15, -0.1) is 0 Å². The first kappa shape index (κ1) is 24.6. The Kier molecular flexibility index (Phi) is 11.6. The Morgan fingerprint density at radius 2 is 1.52 bits per heavy atom. The van der Waals surface area contributed by atoms with Gasteiger partial charge in [-0.1, -0.05) is 64.7 Å². The molecule has 2 aliphatic rings. The Balaban J connectivity index is 1.74. The zero-order valence-electron chi connectivity index (χ0n) is 19.0. The predicted molar refractivity (Wildman–Crippen MR) is 120 cm³/mol. The number of hydrogen-bond acceptors (Lipinski definition) is 3. The highest BCUT2D eigenvalue weighted by atomic mass is 31.2. The van der Waals surface area contributed by atoms with Crippen molar-refractivity contribution < 1.29 is 13.8 Å². The van der Waals surface area contributed by atoms with Crippen LogP contribution in [0.15, 0.2) is 4.76 Å². The second kappa shape index (κ2) is 13.6. The van der Waals surface area contributed by atoms with Crippen molar-refractivity contribution in [1.82, 2.24) is 14.5 Å². The van der Waals surface area contributed by atoms with Crippen molar-refractivity contribution in [3.05, 3.63) is 0 Å². The normalized spacial score (nSPS) is 21.8. The van der Waals surface area contributed by atoms with Crippen LogP contribution in [-0.2, 0) is 13.8 Å². The molecule has 0 radical (unpaired) electrons. The summed E-state index contributed by atoms with van der Waals surface area (Å²) in [5.41, 5.74) is 0. The van der Waals surface area contributed by atoms with Crippen LogP contribution in [-0.4, -0.2) is 80.5 Å². The number of morpholine rings is 1. The number of hydrogen-bond donors (Lipinski definition) is 0. The van der Waals surface area contributed by atoms with E-state index in [0.717, 1.165) is 32.0 Å². The first-order chi connectivity index (χ1) is 14.1. The number of guanidine groups is 1. The van der Waals surface area contributed by atoms with Crippen molar-refractivity contribution in [3.8, 4) is 0 Å². The number of ether oxygens (including phenoxy) is 1. The largest absolute Gasteiger partial charge is 0.392 e. The Morgan fingerprint density at radius 1 is 0.931 bits per heavy atom. The molecule has 1 unspecified atom stereocenters. The molecule has 29 heavy (non-hydrogen) atoms. The molecule has 1 atom stereocenters. The molecule has 2 fully saturated rings. The monoisotopic (exact) mass is 430 g/mol. The maximum absolute atomic E-state index is 13.3. The number of likely N-dealkylation sites (N-methyl/N-ethyl adjacent to an activating group) is 1. The zero-order chi connectivity index (χ0) is 21.0. The van der Waals surface area contributed by atoms with Gasteiger partial charge in [0.15, 0.2) is 0 Å². The molecular formula is C21H43N4O3P. The highest BCUT2D eigenvalue weighted by Gasteiger charge is 2.35. The van der Waals surface area contributed by atoms with Crippen LogP contribution in [0, 0.1) is 0 Å². The maximum Gasteiger partial charge on any atom is 0.392 e. The van der Waals surface area contributed by atoms with Crippen LogP contribution in [0.25, 0.3) is 0 Å². The van der Waals surface area contributed by atoms with E-state index in [1.54, 1.807) is 0 Å². The molecule has 0 aliphatic carbocycles. The zero-order valence-corrected chi connectivity index (χ0v) is 19.9. The molecule has 2 aliphatic heterocycles. The van der Waals surface area contributed by atoms with Crippen LogP contribution in [0.2, 0.25) is 0 Å². The lowest BCUT2D eigenvalue weighted by atomic mass is 10.1. The molecule has 2 rings (SSSR count). The van der Waals surface area contributed by atoms with Crippen LogP contribution < -0.4 is 0 Å². The molecule has 0 spiro atoms. The lowest BCUT2D eigenvalue weighted by Gasteiger charge is -2.31. The molecule has 2 heterocycles. The highest BCUT2D eigenvalue weighted by Crippen LogP contribution is 2.52. The molecule has 0 N–H and O–H groups in total. The van der Waals surface area contributed by atoms with E-state index in [9.17, 15) is 4.57 Å². The van der Waals surface area contributed by atoms with Gasteiger partial charge in [-0.25, -0.2) is 9.24 Å². The van der Waals surface area contributed by atoms with Gasteiger partial charge in [-0.05, 0) is 6.42 Å². The number of rotatable bonds is 14. The third-order valence-corrected chi connectivity index (χ3v) is 7.93. The molecule has 0 amide bonds. The van der Waals surface area contributed by atoms with E-state index in [1.165, 1.54) is 64.9 Å². The standard InChI is InChI=1S/C21H43N4O3P/c1-4-5-6-7-8-9-10-11-12-13-14-24-16-15-23(2)21(24)22-29(26,27-3)25-17-19-28-20-18-25/h4-20H2,1-3H3/b22-21-. The first-order valence-corrected chi connectivity index (χ1v) is 13.2. The van der Waals surface area contributed by atoms with Gasteiger partial charge in [0.05, 0.1) is 13.2 Å². The van der Waals surface area contributed by atoms with Crippen LogP contribution in [0.1, 0.15) is 71.1 Å². The van der Waals surface area contributed by atoms with Crippen LogP contribution in [0.3, 0.4) is 0 Å². The van der Waals surface area contributed by atoms with Crippen molar-refractivity contribution in [2.75, 3.05) is 60.1 Å². The molecule has 2 saturated heterocycles. The smallest absolute Gasteiger partial charge is 0.379 e. The fourth-order valence-corrected chi connectivity index (χ4v) is 5.61. The van der Waals surface area contributed by atoms with E-state index >= 15 is 0 Å². The van der Waals surface area contributed by atoms with Gasteiger partial charge < -0.3 is 19.1 Å². The minimum Gasteiger partial charge on any atom is -0.379 e. The summed E-state index contributed by atoms with van der Waals surface area (Å²) in [6, 6.07) is 0. The predicted octanol–water partition coefficient (Wildman–Crippen LogP) is 4.60. The van der Waals surface area contributed by atoms with E-state index < -0.39 is 7.67 Å². The fourth-order valence-electron chi connectivity index (χ4n) is 3.99. The second-order valence-corrected chi connectivity index (χ2v) is 10.3. The first-order valence-electron chi connectivity index (χ1n) is 11.7. The molecular weight excluding hydrogens is 387 g/mol. The fraction of sp³-hybridized carbons (Fsp3) is 0.952. The molecule has 7 nitrogen and oxygen atoms in total. The summed E-state index contributed by atoms with van der Waals surface area (Å²) in [4.78, 5) is 4.37. The van der Waals surface area contributed by atoms with E-state index in [-0.39, 0.29) is 0 Å². The second-order valence-electron chi connectivity index (χ2n) is 8.23. The maximum atomic E-state index is 13.3. The van der Waals surface area contributed by atoms with Crippen LogP contribution in [0.4, 0.5) is 0 Å². The average Bonchev–Trinajstić information content (AvgIpc) is 3.09. The molecule has 0 aromatic rings. The minimum absolute atomic E-state index is 0.580. The molecule has 0 aromatic carbocycles. The van der Waals surface area contributed by atoms with Crippen molar-refractivity contribution in [1.29, 1.82) is 0 Å². The quantitative estimate of drug-likeness (QED) is 0.297. The average molecular weight is 431 g/mol. The lowest BCUT2D eigenvalue weighted by molar-refractivity contribution is 0.0662. The summed E-state index contributed by atoms with van der Waals surface area (Å²) >= 11 is 0. The summed E-state index contributed by atoms with van der Waals surface area (Å²) in [7, 11) is 0.319. The van der Waals surface area contributed by atoms with Crippen molar-refractivity contribution in [3.63, 3.8) is 0 Å². The van der Waals surface area contributed by atoms with Gasteiger partial charge >= 0.3 is 7.67 Å².